The van der Waals surface area contributed by atoms with Crippen LogP contribution < -0.4 is 5.73 Å². The summed E-state index contributed by atoms with van der Waals surface area (Å²) in [5.74, 6) is 0.786. The highest BCUT2D eigenvalue weighted by Crippen LogP contribution is 2.28. The lowest BCUT2D eigenvalue weighted by molar-refractivity contribution is -0.118. The Morgan fingerprint density at radius 3 is 2.81 bits per heavy atom. The van der Waals surface area contributed by atoms with E-state index < -0.39 is 0 Å². The molecule has 0 radical (unpaired) electrons. The van der Waals surface area contributed by atoms with Crippen molar-refractivity contribution in [3.63, 3.8) is 0 Å². The summed E-state index contributed by atoms with van der Waals surface area (Å²) in [5.41, 5.74) is 8.71. The molecule has 3 aromatic rings. The maximum atomic E-state index is 12.8. The van der Waals surface area contributed by atoms with Crippen LogP contribution in [-0.2, 0) is 11.3 Å². The lowest BCUT2D eigenvalue weighted by Gasteiger charge is -2.32. The maximum Gasteiger partial charge on any atom is 0.253 e. The fourth-order valence-electron chi connectivity index (χ4n) is 3.49. The summed E-state index contributed by atoms with van der Waals surface area (Å²) in [4.78, 5) is 34.5. The van der Waals surface area contributed by atoms with Crippen LogP contribution in [0, 0.1) is 0 Å². The largest absolute Gasteiger partial charge is 0.368 e. The van der Waals surface area contributed by atoms with Crippen LogP contribution in [0.2, 0.25) is 0 Å². The van der Waals surface area contributed by atoms with Gasteiger partial charge in [-0.25, -0.2) is 9.97 Å². The first-order valence-corrected chi connectivity index (χ1v) is 9.41. The molecule has 0 spiro atoms. The molecule has 0 bridgehead atoms. The van der Waals surface area contributed by atoms with E-state index in [-0.39, 0.29) is 24.3 Å². The third kappa shape index (κ3) is 3.20. The predicted octanol–water partition coefficient (Wildman–Crippen LogP) is 2.00. The van der Waals surface area contributed by atoms with Gasteiger partial charge in [0.2, 0.25) is 5.91 Å². The highest BCUT2D eigenvalue weighted by atomic mass is 32.1. The van der Waals surface area contributed by atoms with Gasteiger partial charge in [-0.2, -0.15) is 0 Å². The van der Waals surface area contributed by atoms with Crippen molar-refractivity contribution in [1.82, 2.24) is 19.4 Å². The van der Waals surface area contributed by atoms with E-state index in [9.17, 15) is 9.59 Å². The van der Waals surface area contributed by atoms with Crippen LogP contribution in [0.3, 0.4) is 0 Å². The average Bonchev–Trinajstić information content (AvgIpc) is 3.29. The Bertz CT molecular complexity index is 955. The molecule has 26 heavy (non-hydrogen) atoms. The Kier molecular flexibility index (Phi) is 4.42. The molecule has 0 atom stereocenters. The molecular weight excluding hydrogens is 350 g/mol. The molecule has 7 nitrogen and oxygen atoms in total. The lowest BCUT2D eigenvalue weighted by atomic mass is 9.95. The van der Waals surface area contributed by atoms with Crippen LogP contribution in [0.4, 0.5) is 0 Å². The van der Waals surface area contributed by atoms with Gasteiger partial charge in [0.1, 0.15) is 12.4 Å². The topological polar surface area (TPSA) is 94.1 Å². The Morgan fingerprint density at radius 2 is 2.04 bits per heavy atom. The molecule has 0 saturated carbocycles. The van der Waals surface area contributed by atoms with Crippen LogP contribution in [0.5, 0.6) is 0 Å². The summed E-state index contributed by atoms with van der Waals surface area (Å²) in [6.07, 6.45) is 5.12. The van der Waals surface area contributed by atoms with Gasteiger partial charge < -0.3 is 15.2 Å². The van der Waals surface area contributed by atoms with Gasteiger partial charge in [0.05, 0.1) is 15.7 Å². The van der Waals surface area contributed by atoms with Crippen LogP contribution >= 0.6 is 11.3 Å². The molecular formula is C18H19N5O2S. The molecule has 1 fully saturated rings. The SMILES string of the molecule is NC(=O)Cn1ccnc1C1CCN(C(=O)c2ccc3ncsc3c2)CC1. The summed E-state index contributed by atoms with van der Waals surface area (Å²) in [6, 6.07) is 5.66. The standard InChI is InChI=1S/C18H19N5O2S/c19-16(24)10-23-8-5-20-17(23)12-3-6-22(7-4-12)18(25)13-1-2-14-15(9-13)26-11-21-14/h1-2,5,8-9,11-12H,3-4,6-7,10H2,(H2,19,24). The number of thiazole rings is 1. The molecule has 1 aliphatic heterocycles. The molecule has 1 saturated heterocycles. The fraction of sp³-hybridized carbons (Fsp3) is 0.333. The zero-order valence-corrected chi connectivity index (χ0v) is 15.0. The van der Waals surface area contributed by atoms with Gasteiger partial charge in [0.15, 0.2) is 0 Å². The van der Waals surface area contributed by atoms with Gasteiger partial charge in [-0.3, -0.25) is 9.59 Å². The molecule has 3 heterocycles. The van der Waals surface area contributed by atoms with Gasteiger partial charge in [-0.05, 0) is 31.0 Å². The van der Waals surface area contributed by atoms with E-state index in [1.54, 1.807) is 17.9 Å². The normalized spacial score (nSPS) is 15.5. The number of hydrogen-bond donors (Lipinski definition) is 1. The second-order valence-electron chi connectivity index (χ2n) is 6.48. The summed E-state index contributed by atoms with van der Waals surface area (Å²) >= 11 is 1.54. The summed E-state index contributed by atoms with van der Waals surface area (Å²) in [5, 5.41) is 0. The minimum atomic E-state index is -0.379. The number of hydrogen-bond acceptors (Lipinski definition) is 5. The van der Waals surface area contributed by atoms with Crippen molar-refractivity contribution >= 4 is 33.4 Å². The van der Waals surface area contributed by atoms with Crippen LogP contribution in [0.25, 0.3) is 10.2 Å². The van der Waals surface area contributed by atoms with Crippen molar-refractivity contribution in [3.05, 3.63) is 47.5 Å². The Hall–Kier alpha value is -2.74. The first-order valence-electron chi connectivity index (χ1n) is 8.53. The summed E-state index contributed by atoms with van der Waals surface area (Å²) < 4.78 is 2.83. The smallest absolute Gasteiger partial charge is 0.253 e. The quantitative estimate of drug-likeness (QED) is 0.761. The number of imidazole rings is 1. The van der Waals surface area contributed by atoms with Gasteiger partial charge in [-0.15, -0.1) is 11.3 Å². The number of nitrogens with zero attached hydrogens (tertiary/aromatic N) is 4. The van der Waals surface area contributed by atoms with Crippen molar-refractivity contribution in [2.24, 2.45) is 5.73 Å². The van der Waals surface area contributed by atoms with Crippen molar-refractivity contribution in [1.29, 1.82) is 0 Å². The van der Waals surface area contributed by atoms with E-state index >= 15 is 0 Å². The lowest BCUT2D eigenvalue weighted by Crippen LogP contribution is -2.38. The number of benzene rings is 1. The number of aromatic nitrogens is 3. The van der Waals surface area contributed by atoms with Crippen molar-refractivity contribution in [3.8, 4) is 0 Å². The van der Waals surface area contributed by atoms with Gasteiger partial charge >= 0.3 is 0 Å². The highest BCUT2D eigenvalue weighted by molar-refractivity contribution is 7.16. The highest BCUT2D eigenvalue weighted by Gasteiger charge is 2.27. The molecule has 1 aliphatic rings. The first kappa shape index (κ1) is 16.7. The van der Waals surface area contributed by atoms with Crippen LogP contribution in [0.15, 0.2) is 36.1 Å². The van der Waals surface area contributed by atoms with Crippen molar-refractivity contribution in [2.45, 2.75) is 25.3 Å². The van der Waals surface area contributed by atoms with Gasteiger partial charge in [0.25, 0.3) is 5.91 Å². The number of likely N-dealkylation sites (tertiary alicyclic amines) is 1. The summed E-state index contributed by atoms with van der Waals surface area (Å²) in [7, 11) is 0. The van der Waals surface area contributed by atoms with Crippen molar-refractivity contribution in [2.75, 3.05) is 13.1 Å². The van der Waals surface area contributed by atoms with Crippen LogP contribution in [-0.4, -0.2) is 44.3 Å². The Morgan fingerprint density at radius 1 is 1.23 bits per heavy atom. The molecule has 1 aromatic carbocycles. The second-order valence-corrected chi connectivity index (χ2v) is 7.37. The van der Waals surface area contributed by atoms with E-state index in [2.05, 4.69) is 9.97 Å². The van der Waals surface area contributed by atoms with E-state index in [1.165, 1.54) is 11.3 Å². The predicted molar refractivity (Wildman–Crippen MR) is 98.9 cm³/mol. The minimum Gasteiger partial charge on any atom is -0.368 e. The number of carbonyl (C=O) groups is 2. The number of rotatable bonds is 4. The van der Waals surface area contributed by atoms with Crippen molar-refractivity contribution < 1.29 is 9.59 Å². The minimum absolute atomic E-state index is 0.0548. The third-order valence-corrected chi connectivity index (χ3v) is 5.59. The number of amides is 2. The van der Waals surface area contributed by atoms with E-state index in [4.69, 9.17) is 5.73 Å². The first-order chi connectivity index (χ1) is 12.6. The van der Waals surface area contributed by atoms with Crippen LogP contribution in [0.1, 0.15) is 34.9 Å². The number of carbonyl (C=O) groups excluding carboxylic acids is 2. The zero-order chi connectivity index (χ0) is 18.1. The second kappa shape index (κ2) is 6.87. The third-order valence-electron chi connectivity index (χ3n) is 4.80. The van der Waals surface area contributed by atoms with Gasteiger partial charge in [-0.1, -0.05) is 0 Å². The van der Waals surface area contributed by atoms with E-state index in [0.717, 1.165) is 28.9 Å². The molecule has 2 N–H and O–H groups in total. The van der Waals surface area contributed by atoms with E-state index in [0.29, 0.717) is 18.7 Å². The number of piperidine rings is 1. The Balaban J connectivity index is 1.44. The number of primary amides is 1. The fourth-order valence-corrected chi connectivity index (χ4v) is 4.21. The molecule has 2 aromatic heterocycles. The molecule has 0 unspecified atom stereocenters. The number of nitrogens with two attached hydrogens (primary N) is 1. The average molecular weight is 369 g/mol. The Labute approximate surface area is 154 Å². The monoisotopic (exact) mass is 369 g/mol. The molecule has 8 heteroatoms. The molecule has 2 amide bonds. The summed E-state index contributed by atoms with van der Waals surface area (Å²) in [6.45, 7) is 1.49. The molecule has 0 aliphatic carbocycles. The maximum absolute atomic E-state index is 12.8. The van der Waals surface area contributed by atoms with E-state index in [1.807, 2.05) is 27.7 Å². The zero-order valence-electron chi connectivity index (χ0n) is 14.2. The molecule has 4 rings (SSSR count). The molecule has 134 valence electrons. The number of fused-ring (bicyclic) bond motifs is 1. The van der Waals surface area contributed by atoms with Gasteiger partial charge in [0, 0.05) is 37.0 Å².